The molecule has 1 atom stereocenters. The number of carbonyl (C=O) groups excluding carboxylic acids is 2. The Hall–Kier alpha value is -3.64. The van der Waals surface area contributed by atoms with E-state index >= 15 is 0 Å². The molecule has 2 amide bonds. The van der Waals surface area contributed by atoms with E-state index in [1.54, 1.807) is 55.6 Å². The maximum Gasteiger partial charge on any atom is 0.261 e. The summed E-state index contributed by atoms with van der Waals surface area (Å²) in [5.74, 6) is -0.679. The first kappa shape index (κ1) is 21.6. The van der Waals surface area contributed by atoms with Gasteiger partial charge in [-0.3, -0.25) is 14.5 Å². The highest BCUT2D eigenvalue weighted by Gasteiger charge is 2.37. The third-order valence-electron chi connectivity index (χ3n) is 5.23. The van der Waals surface area contributed by atoms with Gasteiger partial charge in [-0.05, 0) is 47.0 Å². The van der Waals surface area contributed by atoms with Crippen LogP contribution in [0.25, 0.3) is 0 Å². The number of oxime groups is 1. The number of benzene rings is 3. The molecule has 1 aliphatic heterocycles. The van der Waals surface area contributed by atoms with E-state index in [1.807, 2.05) is 24.3 Å². The average molecular weight is 449 g/mol. The van der Waals surface area contributed by atoms with Crippen LogP contribution in [-0.2, 0) is 22.8 Å². The van der Waals surface area contributed by atoms with Crippen molar-refractivity contribution in [3.05, 3.63) is 100 Å². The molecule has 3 aromatic carbocycles. The van der Waals surface area contributed by atoms with Crippen LogP contribution in [0.4, 0.5) is 0 Å². The van der Waals surface area contributed by atoms with Crippen molar-refractivity contribution in [1.29, 1.82) is 0 Å². The van der Waals surface area contributed by atoms with Crippen LogP contribution in [0.2, 0.25) is 5.02 Å². The molecule has 0 fully saturated rings. The van der Waals surface area contributed by atoms with E-state index in [0.717, 1.165) is 11.1 Å². The van der Waals surface area contributed by atoms with Gasteiger partial charge < -0.3 is 9.57 Å². The normalized spacial score (nSPS) is 15.7. The monoisotopic (exact) mass is 448 g/mol. The lowest BCUT2D eigenvalue weighted by molar-refractivity contribution is -0.129. The summed E-state index contributed by atoms with van der Waals surface area (Å²) in [6.07, 6.45) is 1.45. The maximum atomic E-state index is 13.2. The second-order valence-corrected chi connectivity index (χ2v) is 7.73. The second kappa shape index (κ2) is 9.66. The molecule has 0 aromatic heterocycles. The van der Waals surface area contributed by atoms with Gasteiger partial charge in [-0.15, -0.1) is 0 Å². The summed E-state index contributed by atoms with van der Waals surface area (Å²) in [6.45, 7) is 0.399. The first-order chi connectivity index (χ1) is 15.6. The molecule has 0 unspecified atom stereocenters. The summed E-state index contributed by atoms with van der Waals surface area (Å²) in [5.41, 5.74) is 2.82. The number of imide groups is 1. The molecule has 0 N–H and O–H groups in total. The Labute approximate surface area is 191 Å². The fourth-order valence-corrected chi connectivity index (χ4v) is 3.64. The highest BCUT2D eigenvalue weighted by atomic mass is 35.5. The summed E-state index contributed by atoms with van der Waals surface area (Å²) in [5, 5.41) is 4.66. The molecule has 0 radical (unpaired) electrons. The van der Waals surface area contributed by atoms with E-state index in [1.165, 1.54) is 11.1 Å². The number of rotatable bonds is 7. The Balaban J connectivity index is 1.53. The largest absolute Gasteiger partial charge is 0.497 e. The molecule has 1 aliphatic rings. The zero-order valence-electron chi connectivity index (χ0n) is 17.4. The van der Waals surface area contributed by atoms with Gasteiger partial charge in [-0.25, -0.2) is 0 Å². The number of methoxy groups -OCH3 is 1. The number of fused-ring (bicyclic) bond motifs is 1. The number of halogens is 1. The minimum Gasteiger partial charge on any atom is -0.497 e. The van der Waals surface area contributed by atoms with E-state index in [4.69, 9.17) is 21.2 Å². The molecule has 162 valence electrons. The molecule has 0 aliphatic carbocycles. The number of hydrogen-bond donors (Lipinski definition) is 0. The second-order valence-electron chi connectivity index (χ2n) is 7.30. The third kappa shape index (κ3) is 4.65. The predicted molar refractivity (Wildman–Crippen MR) is 122 cm³/mol. The number of hydrogen-bond acceptors (Lipinski definition) is 5. The summed E-state index contributed by atoms with van der Waals surface area (Å²) >= 11 is 5.89. The smallest absolute Gasteiger partial charge is 0.261 e. The van der Waals surface area contributed by atoms with Gasteiger partial charge >= 0.3 is 0 Å². The van der Waals surface area contributed by atoms with Crippen molar-refractivity contribution >= 4 is 29.6 Å². The zero-order chi connectivity index (χ0) is 22.5. The van der Waals surface area contributed by atoms with Crippen LogP contribution in [0.3, 0.4) is 0 Å². The Morgan fingerprint density at radius 2 is 1.66 bits per heavy atom. The van der Waals surface area contributed by atoms with Crippen molar-refractivity contribution in [2.45, 2.75) is 19.1 Å². The maximum absolute atomic E-state index is 13.2. The van der Waals surface area contributed by atoms with E-state index in [-0.39, 0.29) is 25.0 Å². The van der Waals surface area contributed by atoms with Crippen molar-refractivity contribution < 1.29 is 19.2 Å². The topological polar surface area (TPSA) is 68.2 Å². The Kier molecular flexibility index (Phi) is 6.52. The van der Waals surface area contributed by atoms with E-state index in [0.29, 0.717) is 21.9 Å². The van der Waals surface area contributed by atoms with Crippen molar-refractivity contribution in [3.63, 3.8) is 0 Å². The number of ether oxygens (including phenoxy) is 1. The minimum absolute atomic E-state index is 0.159. The van der Waals surface area contributed by atoms with Crippen LogP contribution < -0.4 is 4.74 Å². The quantitative estimate of drug-likeness (QED) is 0.295. The Morgan fingerprint density at radius 3 is 2.38 bits per heavy atom. The lowest BCUT2D eigenvalue weighted by Gasteiger charge is -2.30. The van der Waals surface area contributed by atoms with Crippen molar-refractivity contribution in [2.24, 2.45) is 5.16 Å². The molecule has 0 saturated heterocycles. The van der Waals surface area contributed by atoms with E-state index in [2.05, 4.69) is 5.16 Å². The molecular weight excluding hydrogens is 428 g/mol. The molecule has 0 spiro atoms. The molecule has 4 rings (SSSR count). The van der Waals surface area contributed by atoms with E-state index in [9.17, 15) is 9.59 Å². The van der Waals surface area contributed by atoms with Gasteiger partial charge in [0.15, 0.2) is 0 Å². The van der Waals surface area contributed by atoms with Gasteiger partial charge in [-0.2, -0.15) is 0 Å². The summed E-state index contributed by atoms with van der Waals surface area (Å²) < 4.78 is 5.17. The fourth-order valence-electron chi connectivity index (χ4n) is 3.51. The number of nitrogens with zero attached hydrogens (tertiary/aromatic N) is 2. The fraction of sp³-hybridized carbons (Fsp3) is 0.160. The first-order valence-electron chi connectivity index (χ1n) is 10.0. The van der Waals surface area contributed by atoms with Crippen LogP contribution >= 0.6 is 11.6 Å². The average Bonchev–Trinajstić information content (AvgIpc) is 2.83. The first-order valence-corrected chi connectivity index (χ1v) is 10.4. The SMILES string of the molecule is COc1ccc(CN2C(=O)c3ccccc3[C@H](/C=N\OCc3ccc(Cl)cc3)C2=O)cc1. The predicted octanol–water partition coefficient (Wildman–Crippen LogP) is 4.82. The molecule has 6 nitrogen and oxygen atoms in total. The molecule has 3 aromatic rings. The van der Waals surface area contributed by atoms with Crippen LogP contribution in [0.15, 0.2) is 78.0 Å². The highest BCUT2D eigenvalue weighted by Crippen LogP contribution is 2.29. The van der Waals surface area contributed by atoms with E-state index < -0.39 is 5.92 Å². The lowest BCUT2D eigenvalue weighted by Crippen LogP contribution is -2.44. The Morgan fingerprint density at radius 1 is 0.969 bits per heavy atom. The van der Waals surface area contributed by atoms with Crippen LogP contribution in [0, 0.1) is 0 Å². The Bertz CT molecular complexity index is 1140. The van der Waals surface area contributed by atoms with Gasteiger partial charge in [-0.1, -0.05) is 59.2 Å². The molecule has 1 heterocycles. The summed E-state index contributed by atoms with van der Waals surface area (Å²) in [4.78, 5) is 32.9. The van der Waals surface area contributed by atoms with Crippen molar-refractivity contribution in [2.75, 3.05) is 7.11 Å². The summed E-state index contributed by atoms with van der Waals surface area (Å²) in [7, 11) is 1.59. The number of amides is 2. The van der Waals surface area contributed by atoms with Gasteiger partial charge in [0.05, 0.1) is 19.9 Å². The van der Waals surface area contributed by atoms with Crippen molar-refractivity contribution in [3.8, 4) is 5.75 Å². The molecule has 0 saturated carbocycles. The van der Waals surface area contributed by atoms with Crippen LogP contribution in [-0.4, -0.2) is 30.0 Å². The van der Waals surface area contributed by atoms with Gasteiger partial charge in [0, 0.05) is 10.6 Å². The molecule has 7 heteroatoms. The standard InChI is InChI=1S/C25H21ClN2O4/c1-31-20-12-8-17(9-13-20)15-28-24(29)22-5-3-2-4-21(22)23(25(28)30)14-27-32-16-18-6-10-19(26)11-7-18/h2-14,23H,15-16H2,1H3/b27-14-/t23-/m0/s1. The lowest BCUT2D eigenvalue weighted by atomic mass is 9.89. The minimum atomic E-state index is -0.715. The van der Waals surface area contributed by atoms with Gasteiger partial charge in [0.1, 0.15) is 18.3 Å². The van der Waals surface area contributed by atoms with Crippen LogP contribution in [0.1, 0.15) is 33.0 Å². The van der Waals surface area contributed by atoms with Crippen LogP contribution in [0.5, 0.6) is 5.75 Å². The molecule has 0 bridgehead atoms. The third-order valence-corrected chi connectivity index (χ3v) is 5.48. The molecular formula is C25H21ClN2O4. The zero-order valence-corrected chi connectivity index (χ0v) is 18.2. The highest BCUT2D eigenvalue weighted by molar-refractivity contribution is 6.30. The molecule has 32 heavy (non-hydrogen) atoms. The summed E-state index contributed by atoms with van der Waals surface area (Å²) in [6, 6.07) is 21.6. The van der Waals surface area contributed by atoms with Gasteiger partial charge in [0.2, 0.25) is 5.91 Å². The van der Waals surface area contributed by atoms with Gasteiger partial charge in [0.25, 0.3) is 5.91 Å². The van der Waals surface area contributed by atoms with Crippen molar-refractivity contribution in [1.82, 2.24) is 4.90 Å². The number of carbonyl (C=O) groups is 2.